The molecule has 2 nitrogen and oxygen atoms in total. The van der Waals surface area contributed by atoms with Crippen LogP contribution in [-0.2, 0) is 13.0 Å². The predicted octanol–water partition coefficient (Wildman–Crippen LogP) is 3.67. The molecule has 2 N–H and O–H groups in total. The Kier molecular flexibility index (Phi) is 4.93. The summed E-state index contributed by atoms with van der Waals surface area (Å²) in [7, 11) is 0. The van der Waals surface area contributed by atoms with Crippen molar-refractivity contribution in [2.45, 2.75) is 13.0 Å². The van der Waals surface area contributed by atoms with Crippen LogP contribution in [0.1, 0.15) is 11.1 Å². The van der Waals surface area contributed by atoms with E-state index in [1.165, 1.54) is 6.07 Å². The average Bonchev–Trinajstić information content (AvgIpc) is 2.40. The molecule has 0 saturated heterocycles. The lowest BCUT2D eigenvalue weighted by atomic mass is 10.1. The molecular weight excluding hydrogens is 309 g/mol. The molecule has 0 radical (unpaired) electrons. The van der Waals surface area contributed by atoms with E-state index in [4.69, 9.17) is 10.5 Å². The number of halogens is 2. The van der Waals surface area contributed by atoms with Crippen molar-refractivity contribution in [2.24, 2.45) is 5.73 Å². The van der Waals surface area contributed by atoms with Gasteiger partial charge in [0, 0.05) is 5.56 Å². The maximum absolute atomic E-state index is 13.5. The zero-order chi connectivity index (χ0) is 13.7. The number of nitrogens with two attached hydrogens (primary N) is 1. The van der Waals surface area contributed by atoms with Crippen LogP contribution in [0.4, 0.5) is 4.39 Å². The highest BCUT2D eigenvalue weighted by Gasteiger charge is 2.09. The highest BCUT2D eigenvalue weighted by atomic mass is 79.9. The van der Waals surface area contributed by atoms with Gasteiger partial charge in [-0.3, -0.25) is 0 Å². The van der Waals surface area contributed by atoms with Crippen LogP contribution in [-0.4, -0.2) is 6.54 Å². The van der Waals surface area contributed by atoms with Crippen molar-refractivity contribution in [1.82, 2.24) is 0 Å². The monoisotopic (exact) mass is 323 g/mol. The molecular formula is C15H15BrFNO. The minimum atomic E-state index is -0.255. The second-order valence-electron chi connectivity index (χ2n) is 4.15. The molecule has 0 unspecified atom stereocenters. The lowest BCUT2D eigenvalue weighted by Gasteiger charge is -2.13. The Morgan fingerprint density at radius 1 is 1.05 bits per heavy atom. The van der Waals surface area contributed by atoms with Gasteiger partial charge in [-0.1, -0.05) is 30.3 Å². The molecule has 0 fully saturated rings. The highest BCUT2D eigenvalue weighted by Crippen LogP contribution is 2.30. The second kappa shape index (κ2) is 6.68. The van der Waals surface area contributed by atoms with Gasteiger partial charge in [0.1, 0.15) is 18.2 Å². The van der Waals surface area contributed by atoms with Gasteiger partial charge in [-0.2, -0.15) is 0 Å². The third-order valence-electron chi connectivity index (χ3n) is 2.79. The van der Waals surface area contributed by atoms with Crippen molar-refractivity contribution in [3.63, 3.8) is 0 Å². The third-order valence-corrected chi connectivity index (χ3v) is 3.42. The maximum Gasteiger partial charge on any atom is 0.137 e. The molecule has 0 bridgehead atoms. The largest absolute Gasteiger partial charge is 0.487 e. The van der Waals surface area contributed by atoms with Crippen molar-refractivity contribution in [2.75, 3.05) is 6.54 Å². The Morgan fingerprint density at radius 3 is 2.53 bits per heavy atom. The van der Waals surface area contributed by atoms with Crippen LogP contribution in [0.15, 0.2) is 46.9 Å². The highest BCUT2D eigenvalue weighted by molar-refractivity contribution is 9.10. The van der Waals surface area contributed by atoms with Crippen LogP contribution in [0.5, 0.6) is 5.75 Å². The van der Waals surface area contributed by atoms with E-state index in [-0.39, 0.29) is 12.4 Å². The molecule has 2 aromatic rings. The first-order valence-electron chi connectivity index (χ1n) is 6.06. The van der Waals surface area contributed by atoms with Crippen molar-refractivity contribution in [3.05, 3.63) is 63.9 Å². The Balaban J connectivity index is 2.17. The molecule has 2 rings (SSSR count). The van der Waals surface area contributed by atoms with Gasteiger partial charge in [0.15, 0.2) is 0 Å². The molecule has 0 saturated carbocycles. The summed E-state index contributed by atoms with van der Waals surface area (Å²) in [6.07, 6.45) is 0.728. The van der Waals surface area contributed by atoms with Gasteiger partial charge in [-0.15, -0.1) is 0 Å². The van der Waals surface area contributed by atoms with Gasteiger partial charge < -0.3 is 10.5 Å². The Bertz CT molecular complexity index is 560. The quantitative estimate of drug-likeness (QED) is 0.911. The molecule has 4 heteroatoms. The van der Waals surface area contributed by atoms with Crippen LogP contribution in [0, 0.1) is 5.82 Å². The van der Waals surface area contributed by atoms with Gasteiger partial charge >= 0.3 is 0 Å². The lowest BCUT2D eigenvalue weighted by Crippen LogP contribution is -2.06. The minimum absolute atomic E-state index is 0.201. The number of rotatable bonds is 5. The van der Waals surface area contributed by atoms with E-state index in [1.807, 2.05) is 18.2 Å². The van der Waals surface area contributed by atoms with Gasteiger partial charge in [0.2, 0.25) is 0 Å². The Labute approximate surface area is 120 Å². The van der Waals surface area contributed by atoms with Crippen LogP contribution in [0.25, 0.3) is 0 Å². The standard InChI is InChI=1S/C15H15BrFNO/c16-13-6-3-5-11(8-9-18)15(13)19-10-12-4-1-2-7-14(12)17/h1-7H,8-10,18H2. The molecule has 0 aliphatic carbocycles. The fourth-order valence-electron chi connectivity index (χ4n) is 1.83. The number of hydrogen-bond acceptors (Lipinski definition) is 2. The molecule has 0 aliphatic heterocycles. The van der Waals surface area contributed by atoms with Crippen LogP contribution >= 0.6 is 15.9 Å². The first-order chi connectivity index (χ1) is 9.22. The smallest absolute Gasteiger partial charge is 0.137 e. The SMILES string of the molecule is NCCc1cccc(Br)c1OCc1ccccc1F. The fourth-order valence-corrected chi connectivity index (χ4v) is 2.35. The first kappa shape index (κ1) is 14.0. The summed E-state index contributed by atoms with van der Waals surface area (Å²) >= 11 is 3.45. The van der Waals surface area contributed by atoms with Crippen molar-refractivity contribution < 1.29 is 9.13 Å². The normalized spacial score (nSPS) is 10.5. The van der Waals surface area contributed by atoms with E-state index in [0.29, 0.717) is 12.1 Å². The Hall–Kier alpha value is -1.39. The summed E-state index contributed by atoms with van der Waals surface area (Å²) in [6.45, 7) is 0.749. The van der Waals surface area contributed by atoms with E-state index >= 15 is 0 Å². The van der Waals surface area contributed by atoms with E-state index in [9.17, 15) is 4.39 Å². The van der Waals surface area contributed by atoms with Gasteiger partial charge in [-0.25, -0.2) is 4.39 Å². The molecule has 0 heterocycles. The molecule has 0 amide bonds. The third kappa shape index (κ3) is 3.55. The van der Waals surface area contributed by atoms with E-state index in [2.05, 4.69) is 15.9 Å². The van der Waals surface area contributed by atoms with Gasteiger partial charge in [0.25, 0.3) is 0 Å². The molecule has 0 aliphatic rings. The summed E-state index contributed by atoms with van der Waals surface area (Å²) in [6, 6.07) is 12.4. The minimum Gasteiger partial charge on any atom is -0.487 e. The number of ether oxygens (including phenoxy) is 1. The second-order valence-corrected chi connectivity index (χ2v) is 5.00. The molecule has 19 heavy (non-hydrogen) atoms. The van der Waals surface area contributed by atoms with E-state index in [0.717, 1.165) is 22.2 Å². The van der Waals surface area contributed by atoms with Crippen molar-refractivity contribution in [3.8, 4) is 5.75 Å². The molecule has 100 valence electrons. The summed E-state index contributed by atoms with van der Waals surface area (Å²) < 4.78 is 20.1. The van der Waals surface area contributed by atoms with Crippen LogP contribution in [0.3, 0.4) is 0 Å². The molecule has 0 spiro atoms. The zero-order valence-corrected chi connectivity index (χ0v) is 12.0. The fraction of sp³-hybridized carbons (Fsp3) is 0.200. The van der Waals surface area contributed by atoms with E-state index in [1.54, 1.807) is 18.2 Å². The van der Waals surface area contributed by atoms with E-state index < -0.39 is 0 Å². The molecule has 0 atom stereocenters. The lowest BCUT2D eigenvalue weighted by molar-refractivity contribution is 0.295. The Morgan fingerprint density at radius 2 is 1.79 bits per heavy atom. The van der Waals surface area contributed by atoms with Crippen molar-refractivity contribution in [1.29, 1.82) is 0 Å². The maximum atomic E-state index is 13.5. The number of para-hydroxylation sites is 1. The zero-order valence-electron chi connectivity index (χ0n) is 10.4. The van der Waals surface area contributed by atoms with Crippen molar-refractivity contribution >= 4 is 15.9 Å². The van der Waals surface area contributed by atoms with Crippen LogP contribution in [0.2, 0.25) is 0 Å². The molecule has 0 aromatic heterocycles. The average molecular weight is 324 g/mol. The van der Waals surface area contributed by atoms with Gasteiger partial charge in [0.05, 0.1) is 4.47 Å². The number of benzene rings is 2. The first-order valence-corrected chi connectivity index (χ1v) is 6.85. The molecule has 2 aromatic carbocycles. The topological polar surface area (TPSA) is 35.2 Å². The number of hydrogen-bond donors (Lipinski definition) is 1. The summed E-state index contributed by atoms with van der Waals surface area (Å²) in [5, 5.41) is 0. The van der Waals surface area contributed by atoms with Crippen LogP contribution < -0.4 is 10.5 Å². The summed E-state index contributed by atoms with van der Waals surface area (Å²) in [5.74, 6) is 0.478. The predicted molar refractivity (Wildman–Crippen MR) is 77.6 cm³/mol. The summed E-state index contributed by atoms with van der Waals surface area (Å²) in [4.78, 5) is 0. The summed E-state index contributed by atoms with van der Waals surface area (Å²) in [5.41, 5.74) is 7.14. The van der Waals surface area contributed by atoms with Gasteiger partial charge in [-0.05, 0) is 46.6 Å².